The molecule has 45 heavy (non-hydrogen) atoms. The molecule has 20 nitrogen and oxygen atoms in total. The summed E-state index contributed by atoms with van der Waals surface area (Å²) in [4.78, 5) is 52.1. The number of anilines is 1. The number of phosphoric ester groups is 1. The van der Waals surface area contributed by atoms with E-state index in [1.165, 1.54) is 42.9 Å². The van der Waals surface area contributed by atoms with Gasteiger partial charge in [-0.2, -0.15) is 0 Å². The van der Waals surface area contributed by atoms with E-state index >= 15 is 0 Å². The van der Waals surface area contributed by atoms with Crippen molar-refractivity contribution in [2.45, 2.75) is 49.4 Å². The van der Waals surface area contributed by atoms with Crippen molar-refractivity contribution in [3.8, 4) is 11.3 Å². The molecule has 4 aromatic heterocycles. The maximum Gasteiger partial charge on any atom is 0.330 e. The summed E-state index contributed by atoms with van der Waals surface area (Å²) in [6, 6.07) is 3.08. The third-order valence-corrected chi connectivity index (χ3v) is 8.33. The summed E-state index contributed by atoms with van der Waals surface area (Å²) in [5, 5.41) is 20.7. The average molecular weight is 655 g/mol. The minimum Gasteiger partial charge on any atom is -0.756 e. The number of nitrogens with zero attached hydrogens (tertiary/aromatic N) is 5. The molecule has 0 bridgehead atoms. The quantitative estimate of drug-likeness (QED) is 0.128. The summed E-state index contributed by atoms with van der Waals surface area (Å²) in [6.07, 6.45) is -3.04. The molecular weight excluding hydrogens is 623 g/mol. The van der Waals surface area contributed by atoms with E-state index in [0.29, 0.717) is 11.2 Å². The van der Waals surface area contributed by atoms with E-state index in [9.17, 15) is 29.3 Å². The number of fused-ring (bicyclic) bond motifs is 1. The van der Waals surface area contributed by atoms with Crippen molar-refractivity contribution in [2.24, 2.45) is 0 Å². The zero-order valence-corrected chi connectivity index (χ0v) is 24.8. The second kappa shape index (κ2) is 12.9. The Bertz CT molecular complexity index is 1790. The van der Waals surface area contributed by atoms with Gasteiger partial charge in [0.05, 0.1) is 37.5 Å². The van der Waals surface area contributed by atoms with Crippen LogP contribution in [0.2, 0.25) is 0 Å². The number of ether oxygens (including phenoxy) is 3. The smallest absolute Gasteiger partial charge is 0.330 e. The number of quaternary nitrogens is 1. The lowest BCUT2D eigenvalue weighted by molar-refractivity contribution is -0.234. The maximum absolute atomic E-state index is 12.9. The highest BCUT2D eigenvalue weighted by atomic mass is 31.2. The second-order valence-corrected chi connectivity index (χ2v) is 11.3. The van der Waals surface area contributed by atoms with Crippen LogP contribution in [-0.2, 0) is 27.8 Å². The summed E-state index contributed by atoms with van der Waals surface area (Å²) in [5.74, 6) is 0.322. The fraction of sp³-hybridized carbons (Fsp3) is 0.458. The van der Waals surface area contributed by atoms with Crippen LogP contribution < -0.4 is 28.0 Å². The molecule has 0 radical (unpaired) electrons. The number of phosphoric acid groups is 1. The van der Waals surface area contributed by atoms with Crippen molar-refractivity contribution in [1.82, 2.24) is 35.2 Å². The Balaban J connectivity index is 0.00000400. The molecular formula is C24H31N8O12P. The van der Waals surface area contributed by atoms with Gasteiger partial charge in [-0.3, -0.25) is 23.5 Å². The lowest BCUT2D eigenvalue weighted by Gasteiger charge is -2.29. The molecule has 2 aliphatic heterocycles. The Morgan fingerprint density at radius 2 is 2.02 bits per heavy atom. The minimum atomic E-state index is -5.10. The van der Waals surface area contributed by atoms with E-state index in [2.05, 4.69) is 19.9 Å². The number of aromatic nitrogens is 6. The third kappa shape index (κ3) is 6.20. The molecule has 9 N–H and O–H groups in total. The number of furan rings is 1. The van der Waals surface area contributed by atoms with Crippen LogP contribution in [0.3, 0.4) is 0 Å². The molecule has 4 aromatic rings. The number of nitrogen functional groups attached to an aromatic ring is 1. The SMILES string of the molecule is CO[C@H]1C(O)[C@@H](COP(=O)([O-])OC2C[C@H](n3cc(-c4ccco4)c(=O)[nH]c3=O)O[C@@H]2CO)O[C@H]1n1cnc2c(N)ncnc21.[NH4+]. The van der Waals surface area contributed by atoms with Gasteiger partial charge in [0.25, 0.3) is 13.4 Å². The van der Waals surface area contributed by atoms with E-state index in [1.54, 1.807) is 6.07 Å². The van der Waals surface area contributed by atoms with Crippen LogP contribution in [0.25, 0.3) is 22.5 Å². The van der Waals surface area contributed by atoms with Crippen LogP contribution in [0, 0.1) is 0 Å². The monoisotopic (exact) mass is 654 g/mol. The van der Waals surface area contributed by atoms with E-state index in [0.717, 1.165) is 4.57 Å². The first kappa shape index (κ1) is 32.6. The molecule has 2 aliphatic rings. The van der Waals surface area contributed by atoms with Gasteiger partial charge >= 0.3 is 5.69 Å². The van der Waals surface area contributed by atoms with Crippen molar-refractivity contribution in [1.29, 1.82) is 0 Å². The molecule has 8 atom stereocenters. The van der Waals surface area contributed by atoms with Crippen molar-refractivity contribution < 1.29 is 47.3 Å². The molecule has 3 unspecified atom stereocenters. The highest BCUT2D eigenvalue weighted by molar-refractivity contribution is 7.45. The number of rotatable bonds is 10. The maximum atomic E-state index is 12.9. The summed E-state index contributed by atoms with van der Waals surface area (Å²) < 4.78 is 47.8. The van der Waals surface area contributed by atoms with Crippen LogP contribution >= 0.6 is 7.82 Å². The molecule has 2 saturated heterocycles. The summed E-state index contributed by atoms with van der Waals surface area (Å²) in [7, 11) is -3.76. The van der Waals surface area contributed by atoms with Gasteiger partial charge in [-0.1, -0.05) is 0 Å². The fourth-order valence-corrected chi connectivity index (χ4v) is 6.15. The lowest BCUT2D eigenvalue weighted by atomic mass is 10.1. The minimum absolute atomic E-state index is 0. The molecule has 21 heteroatoms. The molecule has 6 heterocycles. The first-order valence-corrected chi connectivity index (χ1v) is 14.6. The van der Waals surface area contributed by atoms with Crippen LogP contribution in [0.15, 0.2) is 51.3 Å². The topological polar surface area (TPSA) is 301 Å². The fourth-order valence-electron chi connectivity index (χ4n) is 5.20. The number of hydrogen-bond acceptors (Lipinski definition) is 16. The molecule has 0 aromatic carbocycles. The van der Waals surface area contributed by atoms with E-state index < -0.39 is 75.3 Å². The number of H-pyrrole nitrogens is 1. The predicted octanol–water partition coefficient (Wildman–Crippen LogP) is -0.982. The normalized spacial score (nSPS) is 27.9. The number of aliphatic hydroxyl groups is 2. The zero-order chi connectivity index (χ0) is 31.2. The van der Waals surface area contributed by atoms with Gasteiger partial charge in [0.15, 0.2) is 17.7 Å². The molecule has 0 amide bonds. The number of methoxy groups -OCH3 is 1. The zero-order valence-electron chi connectivity index (χ0n) is 23.9. The van der Waals surface area contributed by atoms with Crippen LogP contribution in [0.4, 0.5) is 5.82 Å². The van der Waals surface area contributed by atoms with E-state index in [-0.39, 0.29) is 29.7 Å². The van der Waals surface area contributed by atoms with Gasteiger partial charge in [-0.15, -0.1) is 0 Å². The number of nitrogens with two attached hydrogens (primary N) is 1. The van der Waals surface area contributed by atoms with Crippen molar-refractivity contribution in [3.05, 3.63) is 58.1 Å². The highest BCUT2D eigenvalue weighted by Gasteiger charge is 2.47. The third-order valence-electron chi connectivity index (χ3n) is 7.33. The van der Waals surface area contributed by atoms with E-state index in [1.807, 2.05) is 0 Å². The largest absolute Gasteiger partial charge is 0.756 e. The molecule has 0 spiro atoms. The van der Waals surface area contributed by atoms with Crippen LogP contribution in [-0.4, -0.2) is 90.1 Å². The first-order chi connectivity index (χ1) is 21.1. The van der Waals surface area contributed by atoms with Crippen molar-refractivity contribution >= 4 is 24.8 Å². The summed E-state index contributed by atoms with van der Waals surface area (Å²) in [5.41, 5.74) is 4.96. The standard InChI is InChI=1S/C24H28N7O12P.H3N/c1-38-19-18(33)15(42-23(19)31-10-28-17-20(25)26-9-27-21(17)31)8-40-44(36,37)43-13-5-16(41-14(13)7-32)30-6-11(12-3-2-4-39-12)22(34)29-24(30)35;/h2-4,6,9-10,13-16,18-19,23,32-33H,5,7-8H2,1H3,(H,36,37)(H2,25,26,27)(H,29,34,35);1H3/t13?,14-,15-,16-,18?,19+,23-;/m1./s1. The van der Waals surface area contributed by atoms with Crippen molar-refractivity contribution in [3.63, 3.8) is 0 Å². The summed E-state index contributed by atoms with van der Waals surface area (Å²) in [6.45, 7) is -1.31. The predicted molar refractivity (Wildman–Crippen MR) is 150 cm³/mol. The van der Waals surface area contributed by atoms with Crippen LogP contribution in [0.5, 0.6) is 0 Å². The number of aliphatic hydroxyl groups excluding tert-OH is 2. The molecule has 244 valence electrons. The number of imidazole rings is 1. The van der Waals surface area contributed by atoms with Gasteiger partial charge in [0.2, 0.25) is 0 Å². The van der Waals surface area contributed by atoms with E-state index in [4.69, 9.17) is 33.4 Å². The van der Waals surface area contributed by atoms with Crippen LogP contribution in [0.1, 0.15) is 18.9 Å². The second-order valence-electron chi connectivity index (χ2n) is 9.96. The highest BCUT2D eigenvalue weighted by Crippen LogP contribution is 2.46. The Morgan fingerprint density at radius 1 is 1.22 bits per heavy atom. The number of hydrogen-bond donors (Lipinski definition) is 5. The summed E-state index contributed by atoms with van der Waals surface area (Å²) >= 11 is 0. The first-order valence-electron chi connectivity index (χ1n) is 13.2. The average Bonchev–Trinajstić information content (AvgIpc) is 3.78. The van der Waals surface area contributed by atoms with Gasteiger partial charge in [-0.05, 0) is 12.1 Å². The molecule has 0 saturated carbocycles. The van der Waals surface area contributed by atoms with Gasteiger partial charge < -0.3 is 54.7 Å². The Hall–Kier alpha value is -3.82. The van der Waals surface area contributed by atoms with Gasteiger partial charge in [-0.25, -0.2) is 19.7 Å². The van der Waals surface area contributed by atoms with Crippen molar-refractivity contribution in [2.75, 3.05) is 26.1 Å². The number of aromatic amines is 1. The van der Waals surface area contributed by atoms with Gasteiger partial charge in [0.1, 0.15) is 48.2 Å². The Kier molecular flexibility index (Phi) is 9.33. The van der Waals surface area contributed by atoms with Gasteiger partial charge in [0, 0.05) is 19.7 Å². The number of nitrogens with one attached hydrogen (secondary N) is 1. The molecule has 6 rings (SSSR count). The lowest BCUT2D eigenvalue weighted by Crippen LogP contribution is -2.35. The Labute approximate surface area is 252 Å². The molecule has 2 fully saturated rings. The molecule has 0 aliphatic carbocycles. The Morgan fingerprint density at radius 3 is 2.73 bits per heavy atom.